The zero-order valence-electron chi connectivity index (χ0n) is 15.0. The Hall–Kier alpha value is -1.28. The number of benzene rings is 1. The maximum absolute atomic E-state index is 5.86. The minimum absolute atomic E-state index is 0. The Morgan fingerprint density at radius 3 is 3.00 bits per heavy atom. The largest absolute Gasteiger partial charge is 0.461 e. The molecule has 1 aliphatic heterocycles. The third-order valence-corrected chi connectivity index (χ3v) is 4.49. The number of hydrogen-bond donors (Lipinski definition) is 1. The van der Waals surface area contributed by atoms with E-state index in [9.17, 15) is 0 Å². The molecule has 0 spiro atoms. The molecular formula is C19H28IN3O2. The summed E-state index contributed by atoms with van der Waals surface area (Å²) in [5, 5.41) is 4.62. The van der Waals surface area contributed by atoms with Gasteiger partial charge in [0.15, 0.2) is 5.96 Å². The van der Waals surface area contributed by atoms with Gasteiger partial charge in [-0.25, -0.2) is 0 Å². The first-order valence-corrected chi connectivity index (χ1v) is 8.81. The summed E-state index contributed by atoms with van der Waals surface area (Å²) < 4.78 is 11.4. The van der Waals surface area contributed by atoms with E-state index < -0.39 is 0 Å². The molecule has 138 valence electrons. The molecule has 0 radical (unpaired) electrons. The van der Waals surface area contributed by atoms with Gasteiger partial charge in [0.25, 0.3) is 0 Å². The van der Waals surface area contributed by atoms with Crippen LogP contribution in [0.4, 0.5) is 0 Å². The first kappa shape index (κ1) is 20.0. The highest BCUT2D eigenvalue weighted by Gasteiger charge is 2.24. The zero-order valence-corrected chi connectivity index (χ0v) is 17.4. The lowest BCUT2D eigenvalue weighted by atomic mass is 10.1. The molecule has 0 bridgehead atoms. The van der Waals surface area contributed by atoms with Crippen LogP contribution in [0, 0.1) is 5.92 Å². The van der Waals surface area contributed by atoms with Gasteiger partial charge >= 0.3 is 0 Å². The molecule has 1 atom stereocenters. The first-order chi connectivity index (χ1) is 11.8. The third-order valence-electron chi connectivity index (χ3n) is 4.49. The SMILES string of the molecule is CCOCC1CCN(C(=NC)NCCc2cc3ccccc3o2)C1.I. The van der Waals surface area contributed by atoms with Gasteiger partial charge in [0.05, 0.1) is 6.61 Å². The quantitative estimate of drug-likeness (QED) is 0.410. The minimum atomic E-state index is 0. The molecule has 1 aliphatic rings. The average molecular weight is 457 g/mol. The first-order valence-electron chi connectivity index (χ1n) is 8.81. The average Bonchev–Trinajstić information content (AvgIpc) is 3.23. The normalized spacial score (nSPS) is 17.8. The molecule has 1 aromatic heterocycles. The summed E-state index contributed by atoms with van der Waals surface area (Å²) in [6, 6.07) is 10.2. The number of likely N-dealkylation sites (tertiary alicyclic amines) is 1. The monoisotopic (exact) mass is 457 g/mol. The second-order valence-electron chi connectivity index (χ2n) is 6.23. The highest BCUT2D eigenvalue weighted by atomic mass is 127. The molecule has 25 heavy (non-hydrogen) atoms. The van der Waals surface area contributed by atoms with E-state index in [2.05, 4.69) is 27.3 Å². The van der Waals surface area contributed by atoms with E-state index in [1.54, 1.807) is 0 Å². The van der Waals surface area contributed by atoms with Crippen molar-refractivity contribution < 1.29 is 9.15 Å². The molecule has 0 amide bonds. The van der Waals surface area contributed by atoms with Crippen LogP contribution in [0.1, 0.15) is 19.1 Å². The van der Waals surface area contributed by atoms with Crippen molar-refractivity contribution in [2.75, 3.05) is 39.9 Å². The minimum Gasteiger partial charge on any atom is -0.461 e. The van der Waals surface area contributed by atoms with Gasteiger partial charge in [0.1, 0.15) is 11.3 Å². The number of ether oxygens (including phenoxy) is 1. The Kier molecular flexibility index (Phi) is 8.02. The van der Waals surface area contributed by atoms with Crippen molar-refractivity contribution in [1.82, 2.24) is 10.2 Å². The molecule has 1 aromatic carbocycles. The number of furan rings is 1. The number of nitrogens with zero attached hydrogens (tertiary/aromatic N) is 2. The third kappa shape index (κ3) is 5.34. The van der Waals surface area contributed by atoms with Gasteiger partial charge in [-0.3, -0.25) is 4.99 Å². The van der Waals surface area contributed by atoms with Crippen LogP contribution in [0.3, 0.4) is 0 Å². The molecule has 1 saturated heterocycles. The molecular weight excluding hydrogens is 429 g/mol. The number of para-hydroxylation sites is 1. The van der Waals surface area contributed by atoms with Crippen LogP contribution < -0.4 is 5.32 Å². The molecule has 0 saturated carbocycles. The molecule has 2 aromatic rings. The van der Waals surface area contributed by atoms with Crippen molar-refractivity contribution in [1.29, 1.82) is 0 Å². The van der Waals surface area contributed by atoms with Crippen LogP contribution in [-0.2, 0) is 11.2 Å². The van der Waals surface area contributed by atoms with E-state index in [1.807, 2.05) is 32.2 Å². The van der Waals surface area contributed by atoms with E-state index in [-0.39, 0.29) is 24.0 Å². The van der Waals surface area contributed by atoms with Crippen molar-refractivity contribution in [3.05, 3.63) is 36.1 Å². The second kappa shape index (κ2) is 10.0. The van der Waals surface area contributed by atoms with Crippen molar-refractivity contribution >= 4 is 40.9 Å². The number of nitrogens with one attached hydrogen (secondary N) is 1. The zero-order chi connectivity index (χ0) is 16.8. The van der Waals surface area contributed by atoms with Gasteiger partial charge in [-0.2, -0.15) is 0 Å². The van der Waals surface area contributed by atoms with Gasteiger partial charge in [0, 0.05) is 51.0 Å². The number of halogens is 1. The van der Waals surface area contributed by atoms with E-state index in [4.69, 9.17) is 9.15 Å². The molecule has 3 rings (SSSR count). The topological polar surface area (TPSA) is 50.0 Å². The fourth-order valence-corrected chi connectivity index (χ4v) is 3.24. The second-order valence-corrected chi connectivity index (χ2v) is 6.23. The Morgan fingerprint density at radius 2 is 2.24 bits per heavy atom. The number of fused-ring (bicyclic) bond motifs is 1. The molecule has 1 fully saturated rings. The fraction of sp³-hybridized carbons (Fsp3) is 0.526. The van der Waals surface area contributed by atoms with Gasteiger partial charge in [-0.1, -0.05) is 18.2 Å². The number of hydrogen-bond acceptors (Lipinski definition) is 3. The van der Waals surface area contributed by atoms with Crippen LogP contribution >= 0.6 is 24.0 Å². The van der Waals surface area contributed by atoms with Crippen molar-refractivity contribution in [2.24, 2.45) is 10.9 Å². The van der Waals surface area contributed by atoms with Crippen molar-refractivity contribution in [2.45, 2.75) is 19.8 Å². The maximum Gasteiger partial charge on any atom is 0.193 e. The smallest absolute Gasteiger partial charge is 0.193 e. The summed E-state index contributed by atoms with van der Waals surface area (Å²) in [5.41, 5.74) is 0.954. The van der Waals surface area contributed by atoms with Crippen molar-refractivity contribution in [3.63, 3.8) is 0 Å². The van der Waals surface area contributed by atoms with Gasteiger partial charge in [-0.05, 0) is 25.5 Å². The lowest BCUT2D eigenvalue weighted by molar-refractivity contribution is 0.114. The summed E-state index contributed by atoms with van der Waals surface area (Å²) in [4.78, 5) is 6.74. The van der Waals surface area contributed by atoms with E-state index in [0.717, 1.165) is 62.0 Å². The Balaban J connectivity index is 0.00000225. The predicted octanol–water partition coefficient (Wildman–Crippen LogP) is 3.53. The van der Waals surface area contributed by atoms with Crippen LogP contribution in [0.5, 0.6) is 0 Å². The van der Waals surface area contributed by atoms with Gasteiger partial charge in [0.2, 0.25) is 0 Å². The standard InChI is InChI=1S/C19H27N3O2.HI/c1-3-23-14-15-9-11-22(13-15)19(20-2)21-10-8-17-12-16-6-4-5-7-18(16)24-17;/h4-7,12,15H,3,8-11,13-14H2,1-2H3,(H,20,21);1H. The van der Waals surface area contributed by atoms with Crippen LogP contribution in [-0.4, -0.2) is 50.8 Å². The van der Waals surface area contributed by atoms with Crippen molar-refractivity contribution in [3.8, 4) is 0 Å². The molecule has 6 heteroatoms. The predicted molar refractivity (Wildman–Crippen MR) is 113 cm³/mol. The molecule has 1 N–H and O–H groups in total. The summed E-state index contributed by atoms with van der Waals surface area (Å²) in [6.45, 7) is 6.57. The maximum atomic E-state index is 5.86. The molecule has 5 nitrogen and oxygen atoms in total. The van der Waals surface area contributed by atoms with E-state index in [1.165, 1.54) is 6.42 Å². The Morgan fingerprint density at radius 1 is 1.40 bits per heavy atom. The molecule has 0 aliphatic carbocycles. The fourth-order valence-electron chi connectivity index (χ4n) is 3.24. The van der Waals surface area contributed by atoms with E-state index in [0.29, 0.717) is 5.92 Å². The lowest BCUT2D eigenvalue weighted by Crippen LogP contribution is -2.41. The Bertz CT molecular complexity index is 653. The Labute approximate surface area is 166 Å². The summed E-state index contributed by atoms with van der Waals surface area (Å²) >= 11 is 0. The lowest BCUT2D eigenvalue weighted by Gasteiger charge is -2.21. The molecule has 1 unspecified atom stereocenters. The van der Waals surface area contributed by atoms with E-state index >= 15 is 0 Å². The van der Waals surface area contributed by atoms with Crippen LogP contribution in [0.2, 0.25) is 0 Å². The number of aliphatic imine (C=N–C) groups is 1. The molecule has 2 heterocycles. The number of rotatable bonds is 6. The highest BCUT2D eigenvalue weighted by molar-refractivity contribution is 14.0. The highest BCUT2D eigenvalue weighted by Crippen LogP contribution is 2.19. The summed E-state index contributed by atoms with van der Waals surface area (Å²) in [6.07, 6.45) is 2.02. The summed E-state index contributed by atoms with van der Waals surface area (Å²) in [5.74, 6) is 2.60. The van der Waals surface area contributed by atoms with Gasteiger partial charge < -0.3 is 19.4 Å². The van der Waals surface area contributed by atoms with Crippen LogP contribution in [0.15, 0.2) is 39.7 Å². The summed E-state index contributed by atoms with van der Waals surface area (Å²) in [7, 11) is 1.85. The van der Waals surface area contributed by atoms with Gasteiger partial charge in [-0.15, -0.1) is 24.0 Å². The number of guanidine groups is 1. The van der Waals surface area contributed by atoms with Crippen LogP contribution in [0.25, 0.3) is 11.0 Å².